The number of carbonyl (C=O) groups excluding carboxylic acids is 2. The summed E-state index contributed by atoms with van der Waals surface area (Å²) in [5.74, 6) is 0.269. The molecule has 2 aromatic carbocycles. The highest BCUT2D eigenvalue weighted by molar-refractivity contribution is 7.99. The number of nitrogens with zero attached hydrogens (tertiary/aromatic N) is 1. The zero-order valence-corrected chi connectivity index (χ0v) is 20.4. The van der Waals surface area contributed by atoms with E-state index in [0.29, 0.717) is 32.4 Å². The van der Waals surface area contributed by atoms with E-state index < -0.39 is 6.04 Å². The molecule has 30 heavy (non-hydrogen) atoms. The van der Waals surface area contributed by atoms with E-state index in [4.69, 9.17) is 46.4 Å². The van der Waals surface area contributed by atoms with Crippen molar-refractivity contribution < 1.29 is 9.59 Å². The van der Waals surface area contributed by atoms with Gasteiger partial charge in [-0.15, -0.1) is 11.8 Å². The third kappa shape index (κ3) is 6.96. The molecule has 0 aliphatic rings. The first-order chi connectivity index (χ1) is 14.2. The number of amides is 2. The molecule has 2 aromatic rings. The van der Waals surface area contributed by atoms with Gasteiger partial charge in [-0.3, -0.25) is 9.59 Å². The van der Waals surface area contributed by atoms with Crippen LogP contribution in [0.3, 0.4) is 0 Å². The molecule has 162 valence electrons. The van der Waals surface area contributed by atoms with E-state index in [1.807, 2.05) is 6.92 Å². The second-order valence-electron chi connectivity index (χ2n) is 6.53. The zero-order valence-electron chi connectivity index (χ0n) is 16.6. The number of benzene rings is 2. The Balaban J connectivity index is 2.12. The zero-order chi connectivity index (χ0) is 22.3. The number of rotatable bonds is 9. The van der Waals surface area contributed by atoms with E-state index in [1.165, 1.54) is 16.7 Å². The Morgan fingerprint density at radius 1 is 1.03 bits per heavy atom. The van der Waals surface area contributed by atoms with Gasteiger partial charge in [-0.05, 0) is 49.2 Å². The summed E-state index contributed by atoms with van der Waals surface area (Å²) in [7, 11) is 0. The molecule has 0 saturated heterocycles. The Labute approximate surface area is 201 Å². The molecule has 0 aliphatic carbocycles. The van der Waals surface area contributed by atoms with Gasteiger partial charge >= 0.3 is 0 Å². The molecule has 4 nitrogen and oxygen atoms in total. The smallest absolute Gasteiger partial charge is 0.242 e. The fraction of sp³-hybridized carbons (Fsp3) is 0.333. The molecule has 0 fully saturated rings. The molecule has 0 aliphatic heterocycles. The molecular weight excluding hydrogens is 486 g/mol. The van der Waals surface area contributed by atoms with Crippen LogP contribution in [0.4, 0.5) is 0 Å². The van der Waals surface area contributed by atoms with Crippen LogP contribution in [-0.4, -0.2) is 35.1 Å². The molecule has 0 unspecified atom stereocenters. The molecule has 0 heterocycles. The minimum Gasteiger partial charge on any atom is -0.355 e. The summed E-state index contributed by atoms with van der Waals surface area (Å²) in [4.78, 5) is 26.9. The van der Waals surface area contributed by atoms with Gasteiger partial charge in [0.05, 0.1) is 15.8 Å². The summed E-state index contributed by atoms with van der Waals surface area (Å²) in [5.41, 5.74) is 1.57. The van der Waals surface area contributed by atoms with Crippen LogP contribution < -0.4 is 5.32 Å². The second kappa shape index (κ2) is 12.1. The molecular formula is C21H22Cl4N2O2S. The Hall–Kier alpha value is -1.11. The van der Waals surface area contributed by atoms with Gasteiger partial charge in [-0.1, -0.05) is 58.5 Å². The van der Waals surface area contributed by atoms with Crippen LogP contribution >= 0.6 is 58.2 Å². The van der Waals surface area contributed by atoms with Crippen molar-refractivity contribution in [2.45, 2.75) is 32.2 Å². The number of hydrogen-bond acceptors (Lipinski definition) is 3. The fourth-order valence-electron chi connectivity index (χ4n) is 2.73. The van der Waals surface area contributed by atoms with E-state index in [2.05, 4.69) is 5.32 Å². The van der Waals surface area contributed by atoms with Gasteiger partial charge < -0.3 is 10.2 Å². The predicted octanol–water partition coefficient (Wildman–Crippen LogP) is 6.09. The average molecular weight is 508 g/mol. The highest BCUT2D eigenvalue weighted by Crippen LogP contribution is 2.29. The minimum atomic E-state index is -0.642. The van der Waals surface area contributed by atoms with Crippen LogP contribution in [0.25, 0.3) is 0 Å². The van der Waals surface area contributed by atoms with Gasteiger partial charge in [0.25, 0.3) is 0 Å². The molecule has 0 bridgehead atoms. The maximum absolute atomic E-state index is 13.0. The van der Waals surface area contributed by atoms with Crippen molar-refractivity contribution in [2.75, 3.05) is 12.3 Å². The van der Waals surface area contributed by atoms with Crippen molar-refractivity contribution in [1.82, 2.24) is 10.2 Å². The van der Waals surface area contributed by atoms with Crippen LogP contribution in [0.15, 0.2) is 36.4 Å². The minimum absolute atomic E-state index is 0.173. The highest BCUT2D eigenvalue weighted by atomic mass is 35.5. The van der Waals surface area contributed by atoms with Crippen molar-refractivity contribution in [1.29, 1.82) is 0 Å². The molecule has 0 radical (unpaired) electrons. The SMILES string of the molecule is CCNC(=O)[C@@H](C)N(Cc1ccc(Cl)c(Cl)c1)C(=O)CSCc1c(Cl)cccc1Cl. The number of carbonyl (C=O) groups is 2. The van der Waals surface area contributed by atoms with Crippen molar-refractivity contribution in [2.24, 2.45) is 0 Å². The molecule has 1 atom stereocenters. The Morgan fingerprint density at radius 2 is 1.70 bits per heavy atom. The lowest BCUT2D eigenvalue weighted by molar-refractivity contribution is -0.138. The molecule has 0 aromatic heterocycles. The van der Waals surface area contributed by atoms with Crippen molar-refractivity contribution in [3.63, 3.8) is 0 Å². The Morgan fingerprint density at radius 3 is 2.30 bits per heavy atom. The van der Waals surface area contributed by atoms with E-state index in [-0.39, 0.29) is 24.1 Å². The van der Waals surface area contributed by atoms with Crippen molar-refractivity contribution in [3.05, 3.63) is 67.6 Å². The lowest BCUT2D eigenvalue weighted by Gasteiger charge is -2.28. The molecule has 2 rings (SSSR count). The fourth-order valence-corrected chi connectivity index (χ4v) is 4.70. The number of nitrogens with one attached hydrogen (secondary N) is 1. The van der Waals surface area contributed by atoms with Crippen molar-refractivity contribution >= 4 is 70.0 Å². The van der Waals surface area contributed by atoms with Gasteiger partial charge in [0.1, 0.15) is 6.04 Å². The van der Waals surface area contributed by atoms with E-state index in [0.717, 1.165) is 11.1 Å². The first-order valence-electron chi connectivity index (χ1n) is 9.26. The molecule has 1 N–H and O–H groups in total. The first-order valence-corrected chi connectivity index (χ1v) is 11.9. The van der Waals surface area contributed by atoms with Crippen LogP contribution in [0.2, 0.25) is 20.1 Å². The number of thioether (sulfide) groups is 1. The second-order valence-corrected chi connectivity index (χ2v) is 9.15. The van der Waals surface area contributed by atoms with Gasteiger partial charge in [0, 0.05) is 28.9 Å². The first kappa shape index (κ1) is 25.2. The van der Waals surface area contributed by atoms with Crippen LogP contribution in [-0.2, 0) is 21.9 Å². The molecule has 0 spiro atoms. The summed E-state index contributed by atoms with van der Waals surface area (Å²) < 4.78 is 0. The number of hydrogen-bond donors (Lipinski definition) is 1. The Kier molecular flexibility index (Phi) is 10.1. The summed E-state index contributed by atoms with van der Waals surface area (Å²) in [6.07, 6.45) is 0. The maximum Gasteiger partial charge on any atom is 0.242 e. The van der Waals surface area contributed by atoms with Gasteiger partial charge in [-0.2, -0.15) is 0 Å². The van der Waals surface area contributed by atoms with Crippen molar-refractivity contribution in [3.8, 4) is 0 Å². The van der Waals surface area contributed by atoms with Gasteiger partial charge in [0.2, 0.25) is 11.8 Å². The lowest BCUT2D eigenvalue weighted by Crippen LogP contribution is -2.48. The van der Waals surface area contributed by atoms with Gasteiger partial charge in [-0.25, -0.2) is 0 Å². The Bertz CT molecular complexity index is 890. The molecule has 2 amide bonds. The normalized spacial score (nSPS) is 11.8. The van der Waals surface area contributed by atoms with Crippen LogP contribution in [0, 0.1) is 0 Å². The van der Waals surface area contributed by atoms with E-state index in [1.54, 1.807) is 43.3 Å². The summed E-state index contributed by atoms with van der Waals surface area (Å²) in [6, 6.07) is 9.82. The molecule has 9 heteroatoms. The highest BCUT2D eigenvalue weighted by Gasteiger charge is 2.26. The quantitative estimate of drug-likeness (QED) is 0.447. The molecule has 0 saturated carbocycles. The monoisotopic (exact) mass is 506 g/mol. The van der Waals surface area contributed by atoms with Crippen LogP contribution in [0.1, 0.15) is 25.0 Å². The third-order valence-electron chi connectivity index (χ3n) is 4.39. The summed E-state index contributed by atoms with van der Waals surface area (Å²) >= 11 is 25.9. The standard InChI is InChI=1S/C21H22Cl4N2O2S/c1-3-26-21(29)13(2)27(10-14-7-8-18(24)19(25)9-14)20(28)12-30-11-15-16(22)5-4-6-17(15)23/h4-9,13H,3,10-12H2,1-2H3,(H,26,29)/t13-/m1/s1. The number of likely N-dealkylation sites (N-methyl/N-ethyl adjacent to an activating group) is 1. The summed E-state index contributed by atoms with van der Waals surface area (Å²) in [5, 5.41) is 4.71. The topological polar surface area (TPSA) is 49.4 Å². The largest absolute Gasteiger partial charge is 0.355 e. The summed E-state index contributed by atoms with van der Waals surface area (Å²) in [6.45, 7) is 4.26. The maximum atomic E-state index is 13.0. The predicted molar refractivity (Wildman–Crippen MR) is 128 cm³/mol. The average Bonchev–Trinajstić information content (AvgIpc) is 2.70. The number of halogens is 4. The van der Waals surface area contributed by atoms with E-state index >= 15 is 0 Å². The van der Waals surface area contributed by atoms with E-state index in [9.17, 15) is 9.59 Å². The van der Waals surface area contributed by atoms with Gasteiger partial charge in [0.15, 0.2) is 0 Å². The third-order valence-corrected chi connectivity index (χ3v) is 6.78. The lowest BCUT2D eigenvalue weighted by atomic mass is 10.1. The van der Waals surface area contributed by atoms with Crippen LogP contribution in [0.5, 0.6) is 0 Å².